The smallest absolute Gasteiger partial charge is 0.352 e. The predicted octanol–water partition coefficient (Wildman–Crippen LogP) is 1.44. The third-order valence-electron chi connectivity index (χ3n) is 2.35. The molecule has 0 amide bonds. The summed E-state index contributed by atoms with van der Waals surface area (Å²) in [5.74, 6) is 5.01. The zero-order chi connectivity index (χ0) is 12.3. The average Bonchev–Trinajstić information content (AvgIpc) is 2.72. The first kappa shape index (κ1) is 11.2. The molecule has 2 aromatic rings. The first-order valence-corrected chi connectivity index (χ1v) is 5.20. The second kappa shape index (κ2) is 4.73. The van der Waals surface area contributed by atoms with Crippen molar-refractivity contribution in [2.75, 3.05) is 13.6 Å². The lowest BCUT2D eigenvalue weighted by Gasteiger charge is -1.91. The van der Waals surface area contributed by atoms with E-state index in [2.05, 4.69) is 22.1 Å². The fourth-order valence-electron chi connectivity index (χ4n) is 1.56. The highest BCUT2D eigenvalue weighted by molar-refractivity contribution is 5.94. The molecule has 2 rings (SSSR count). The van der Waals surface area contributed by atoms with E-state index < -0.39 is 5.97 Å². The number of H-pyrrole nitrogens is 1. The molecule has 0 aliphatic heterocycles. The van der Waals surface area contributed by atoms with Crippen molar-refractivity contribution in [1.82, 2.24) is 10.3 Å². The summed E-state index contributed by atoms with van der Waals surface area (Å²) < 4.78 is 0. The minimum atomic E-state index is -0.955. The Morgan fingerprint density at radius 1 is 1.47 bits per heavy atom. The van der Waals surface area contributed by atoms with Crippen LogP contribution in [0.2, 0.25) is 0 Å². The minimum absolute atomic E-state index is 0.195. The third kappa shape index (κ3) is 2.47. The molecule has 0 radical (unpaired) electrons. The van der Waals surface area contributed by atoms with E-state index in [-0.39, 0.29) is 5.69 Å². The molecule has 4 nitrogen and oxygen atoms in total. The Labute approximate surface area is 98.7 Å². The Morgan fingerprint density at radius 2 is 2.29 bits per heavy atom. The van der Waals surface area contributed by atoms with Gasteiger partial charge >= 0.3 is 5.97 Å². The predicted molar refractivity (Wildman–Crippen MR) is 66.1 cm³/mol. The summed E-state index contributed by atoms with van der Waals surface area (Å²) in [5, 5.41) is 12.7. The molecular formula is C13H12N2O2. The van der Waals surface area contributed by atoms with Crippen LogP contribution < -0.4 is 5.32 Å². The van der Waals surface area contributed by atoms with Crippen LogP contribution in [0.3, 0.4) is 0 Å². The maximum atomic E-state index is 10.8. The Hall–Kier alpha value is -2.25. The molecule has 0 saturated carbocycles. The van der Waals surface area contributed by atoms with Crippen molar-refractivity contribution in [3.63, 3.8) is 0 Å². The van der Waals surface area contributed by atoms with Gasteiger partial charge in [0.05, 0.1) is 6.54 Å². The Kier molecular flexibility index (Phi) is 3.12. The molecule has 4 heteroatoms. The number of hydrogen-bond acceptors (Lipinski definition) is 2. The van der Waals surface area contributed by atoms with Gasteiger partial charge in [-0.05, 0) is 31.3 Å². The molecule has 1 aromatic heterocycles. The van der Waals surface area contributed by atoms with Crippen molar-refractivity contribution >= 4 is 16.9 Å². The first-order chi connectivity index (χ1) is 8.20. The average molecular weight is 228 g/mol. The summed E-state index contributed by atoms with van der Waals surface area (Å²) in [6, 6.07) is 7.19. The van der Waals surface area contributed by atoms with E-state index in [0.717, 1.165) is 16.5 Å². The molecule has 1 heterocycles. The minimum Gasteiger partial charge on any atom is -0.477 e. The van der Waals surface area contributed by atoms with Gasteiger partial charge in [0, 0.05) is 16.5 Å². The fraction of sp³-hybridized carbons (Fsp3) is 0.154. The molecule has 1 aromatic carbocycles. The van der Waals surface area contributed by atoms with Gasteiger partial charge in [0.15, 0.2) is 0 Å². The first-order valence-electron chi connectivity index (χ1n) is 5.20. The van der Waals surface area contributed by atoms with Crippen LogP contribution in [0.15, 0.2) is 24.3 Å². The zero-order valence-electron chi connectivity index (χ0n) is 9.37. The third-order valence-corrected chi connectivity index (χ3v) is 2.35. The van der Waals surface area contributed by atoms with E-state index >= 15 is 0 Å². The van der Waals surface area contributed by atoms with Gasteiger partial charge in [-0.1, -0.05) is 11.8 Å². The standard InChI is InChI=1S/C13H12N2O2/c1-14-6-2-3-9-4-5-11-10(7-9)8-12(15-11)13(16)17/h4-5,7-8,14-15H,6H2,1H3,(H,16,17). The highest BCUT2D eigenvalue weighted by atomic mass is 16.4. The van der Waals surface area contributed by atoms with Crippen LogP contribution in [-0.2, 0) is 0 Å². The quantitative estimate of drug-likeness (QED) is 0.681. The number of nitrogens with one attached hydrogen (secondary N) is 2. The molecule has 0 atom stereocenters. The Balaban J connectivity index is 2.37. The summed E-state index contributed by atoms with van der Waals surface area (Å²) in [5.41, 5.74) is 1.88. The SMILES string of the molecule is CNCC#Cc1ccc2[nH]c(C(=O)O)cc2c1. The van der Waals surface area contributed by atoms with Crippen LogP contribution in [0.1, 0.15) is 16.1 Å². The monoisotopic (exact) mass is 228 g/mol. The van der Waals surface area contributed by atoms with E-state index in [4.69, 9.17) is 5.11 Å². The second-order valence-corrected chi connectivity index (χ2v) is 3.62. The number of carboxylic acids is 1. The van der Waals surface area contributed by atoms with E-state index in [9.17, 15) is 4.79 Å². The van der Waals surface area contributed by atoms with Gasteiger partial charge in [0.1, 0.15) is 5.69 Å². The zero-order valence-corrected chi connectivity index (χ0v) is 9.37. The summed E-state index contributed by atoms with van der Waals surface area (Å²) in [6.07, 6.45) is 0. The number of rotatable bonds is 2. The molecule has 0 aliphatic carbocycles. The lowest BCUT2D eigenvalue weighted by atomic mass is 10.1. The van der Waals surface area contributed by atoms with E-state index in [1.54, 1.807) is 6.07 Å². The molecule has 3 N–H and O–H groups in total. The molecule has 0 spiro atoms. The molecule has 0 fully saturated rings. The number of carbonyl (C=O) groups is 1. The van der Waals surface area contributed by atoms with Crippen LogP contribution >= 0.6 is 0 Å². The molecule has 86 valence electrons. The number of benzene rings is 1. The number of carboxylic acid groups (broad SMARTS) is 1. The normalized spacial score (nSPS) is 9.94. The van der Waals surface area contributed by atoms with Crippen molar-refractivity contribution in [3.05, 3.63) is 35.5 Å². The van der Waals surface area contributed by atoms with Crippen LogP contribution in [0.25, 0.3) is 10.9 Å². The number of hydrogen-bond donors (Lipinski definition) is 3. The topological polar surface area (TPSA) is 65.1 Å². The van der Waals surface area contributed by atoms with Gasteiger partial charge in [-0.15, -0.1) is 0 Å². The molecule has 0 saturated heterocycles. The molecule has 0 aliphatic rings. The van der Waals surface area contributed by atoms with Crippen molar-refractivity contribution in [2.45, 2.75) is 0 Å². The van der Waals surface area contributed by atoms with E-state index in [1.165, 1.54) is 0 Å². The van der Waals surface area contributed by atoms with Crippen molar-refractivity contribution < 1.29 is 9.90 Å². The second-order valence-electron chi connectivity index (χ2n) is 3.62. The molecular weight excluding hydrogens is 216 g/mol. The number of aromatic amines is 1. The Bertz CT molecular complexity index is 617. The van der Waals surface area contributed by atoms with Gasteiger partial charge in [-0.3, -0.25) is 0 Å². The van der Waals surface area contributed by atoms with Crippen LogP contribution in [-0.4, -0.2) is 29.7 Å². The fourth-order valence-corrected chi connectivity index (χ4v) is 1.56. The van der Waals surface area contributed by atoms with Gasteiger partial charge < -0.3 is 15.4 Å². The summed E-state index contributed by atoms with van der Waals surface area (Å²) in [7, 11) is 1.84. The van der Waals surface area contributed by atoms with E-state index in [1.807, 2.05) is 25.2 Å². The van der Waals surface area contributed by atoms with Gasteiger partial charge in [0.2, 0.25) is 0 Å². The van der Waals surface area contributed by atoms with Gasteiger partial charge in [0.25, 0.3) is 0 Å². The van der Waals surface area contributed by atoms with Crippen molar-refractivity contribution in [3.8, 4) is 11.8 Å². The van der Waals surface area contributed by atoms with Crippen molar-refractivity contribution in [2.24, 2.45) is 0 Å². The molecule has 0 unspecified atom stereocenters. The summed E-state index contributed by atoms with van der Waals surface area (Å²) >= 11 is 0. The van der Waals surface area contributed by atoms with E-state index in [0.29, 0.717) is 6.54 Å². The summed E-state index contributed by atoms with van der Waals surface area (Å²) in [4.78, 5) is 13.6. The maximum absolute atomic E-state index is 10.8. The molecule has 17 heavy (non-hydrogen) atoms. The summed E-state index contributed by atoms with van der Waals surface area (Å²) in [6.45, 7) is 0.631. The lowest BCUT2D eigenvalue weighted by Crippen LogP contribution is -2.04. The lowest BCUT2D eigenvalue weighted by molar-refractivity contribution is 0.0691. The number of aromatic nitrogens is 1. The number of aromatic carboxylic acids is 1. The van der Waals surface area contributed by atoms with Crippen molar-refractivity contribution in [1.29, 1.82) is 0 Å². The van der Waals surface area contributed by atoms with Crippen LogP contribution in [0, 0.1) is 11.8 Å². The maximum Gasteiger partial charge on any atom is 0.352 e. The molecule has 0 bridgehead atoms. The number of fused-ring (bicyclic) bond motifs is 1. The van der Waals surface area contributed by atoms with Gasteiger partial charge in [-0.25, -0.2) is 4.79 Å². The highest BCUT2D eigenvalue weighted by Crippen LogP contribution is 2.16. The largest absolute Gasteiger partial charge is 0.477 e. The highest BCUT2D eigenvalue weighted by Gasteiger charge is 2.06. The van der Waals surface area contributed by atoms with Crippen LogP contribution in [0.5, 0.6) is 0 Å². The Morgan fingerprint density at radius 3 is 3.00 bits per heavy atom. The van der Waals surface area contributed by atoms with Gasteiger partial charge in [-0.2, -0.15) is 0 Å². The van der Waals surface area contributed by atoms with Crippen LogP contribution in [0.4, 0.5) is 0 Å².